The summed E-state index contributed by atoms with van der Waals surface area (Å²) < 4.78 is 7.12. The van der Waals surface area contributed by atoms with Crippen LogP contribution in [0.2, 0.25) is 0 Å². The van der Waals surface area contributed by atoms with E-state index in [0.29, 0.717) is 15.3 Å². The minimum absolute atomic E-state index is 0.148. The van der Waals surface area contributed by atoms with E-state index in [-0.39, 0.29) is 5.56 Å². The van der Waals surface area contributed by atoms with Gasteiger partial charge in [-0.25, -0.2) is 0 Å². The predicted molar refractivity (Wildman–Crippen MR) is 104 cm³/mol. The number of fused-ring (bicyclic) bond motifs is 1. The summed E-state index contributed by atoms with van der Waals surface area (Å²) in [6, 6.07) is 17.4. The van der Waals surface area contributed by atoms with Crippen LogP contribution in [0.5, 0.6) is 5.75 Å². The molecular formula is C20H15N3O2S. The predicted octanol–water partition coefficient (Wildman–Crippen LogP) is 2.88. The maximum atomic E-state index is 12.5. The Labute approximate surface area is 153 Å². The molecule has 0 aliphatic heterocycles. The van der Waals surface area contributed by atoms with Gasteiger partial charge in [-0.1, -0.05) is 59.9 Å². The molecule has 2 aromatic heterocycles. The van der Waals surface area contributed by atoms with Crippen LogP contribution in [0.3, 0.4) is 0 Å². The van der Waals surface area contributed by atoms with Gasteiger partial charge < -0.3 is 4.74 Å². The van der Waals surface area contributed by atoms with E-state index >= 15 is 0 Å². The Kier molecular flexibility index (Phi) is 4.33. The molecule has 0 saturated heterocycles. The Morgan fingerprint density at radius 3 is 2.46 bits per heavy atom. The zero-order chi connectivity index (χ0) is 17.9. The Morgan fingerprint density at radius 2 is 1.77 bits per heavy atom. The highest BCUT2D eigenvalue weighted by atomic mass is 32.1. The summed E-state index contributed by atoms with van der Waals surface area (Å²) >= 11 is 1.34. The fourth-order valence-corrected chi connectivity index (χ4v) is 3.42. The zero-order valence-corrected chi connectivity index (χ0v) is 14.8. The Morgan fingerprint density at radius 1 is 1.00 bits per heavy atom. The van der Waals surface area contributed by atoms with Crippen LogP contribution in [0.1, 0.15) is 17.0 Å². The molecule has 0 fully saturated rings. The zero-order valence-electron chi connectivity index (χ0n) is 14.0. The van der Waals surface area contributed by atoms with Crippen molar-refractivity contribution in [1.82, 2.24) is 14.6 Å². The molecule has 0 atom stereocenters. The first-order chi connectivity index (χ1) is 12.7. The molecule has 0 N–H and O–H groups in total. The number of benzene rings is 2. The normalized spacial score (nSPS) is 12.3. The Balaban J connectivity index is 1.63. The van der Waals surface area contributed by atoms with Crippen LogP contribution in [0, 0.1) is 0 Å². The number of aromatic nitrogens is 3. The van der Waals surface area contributed by atoms with E-state index in [4.69, 9.17) is 4.74 Å². The van der Waals surface area contributed by atoms with Gasteiger partial charge in [0, 0.05) is 0 Å². The van der Waals surface area contributed by atoms with Gasteiger partial charge in [0.1, 0.15) is 5.75 Å². The van der Waals surface area contributed by atoms with Gasteiger partial charge in [-0.05, 0) is 35.4 Å². The molecule has 0 amide bonds. The van der Waals surface area contributed by atoms with Crippen molar-refractivity contribution in [2.45, 2.75) is 0 Å². The van der Waals surface area contributed by atoms with E-state index in [0.717, 1.165) is 16.9 Å². The van der Waals surface area contributed by atoms with Crippen LogP contribution >= 0.6 is 11.3 Å². The van der Waals surface area contributed by atoms with Crippen molar-refractivity contribution in [2.24, 2.45) is 0 Å². The van der Waals surface area contributed by atoms with Crippen LogP contribution < -0.4 is 14.8 Å². The highest BCUT2D eigenvalue weighted by molar-refractivity contribution is 7.15. The van der Waals surface area contributed by atoms with Gasteiger partial charge in [-0.2, -0.15) is 9.50 Å². The molecule has 0 bridgehead atoms. The van der Waals surface area contributed by atoms with Crippen molar-refractivity contribution in [3.8, 4) is 5.75 Å². The first-order valence-electron chi connectivity index (χ1n) is 8.01. The SMILES string of the molecule is COc1ccc(/C=C/c2nc3s/c(=C/c4ccccc4)c(=O)n3n2)cc1. The highest BCUT2D eigenvalue weighted by Crippen LogP contribution is 2.13. The third kappa shape index (κ3) is 3.27. The van der Waals surface area contributed by atoms with Crippen LogP contribution in [0.15, 0.2) is 59.4 Å². The maximum Gasteiger partial charge on any atom is 0.291 e. The summed E-state index contributed by atoms with van der Waals surface area (Å²) in [4.78, 5) is 17.5. The average molecular weight is 361 g/mol. The van der Waals surface area contributed by atoms with Crippen LogP contribution in [0.4, 0.5) is 0 Å². The third-order valence-corrected chi connectivity index (χ3v) is 4.80. The lowest BCUT2D eigenvalue weighted by molar-refractivity contribution is 0.415. The standard InChI is InChI=1S/C20H15N3O2S/c1-25-16-10-7-14(8-11-16)9-12-18-21-20-23(22-18)19(24)17(26-20)13-15-5-3-2-4-6-15/h2-13H,1H3/b12-9+,17-13+. The molecule has 0 spiro atoms. The van der Waals surface area contributed by atoms with Crippen LogP contribution in [-0.2, 0) is 0 Å². The smallest absolute Gasteiger partial charge is 0.291 e. The molecule has 0 radical (unpaired) electrons. The van der Waals surface area contributed by atoms with E-state index in [1.807, 2.05) is 66.7 Å². The maximum absolute atomic E-state index is 12.5. The summed E-state index contributed by atoms with van der Waals surface area (Å²) in [5.74, 6) is 1.32. The van der Waals surface area contributed by atoms with Crippen molar-refractivity contribution in [2.75, 3.05) is 7.11 Å². The molecule has 2 aromatic carbocycles. The molecule has 26 heavy (non-hydrogen) atoms. The number of hydrogen-bond acceptors (Lipinski definition) is 5. The fraction of sp³-hybridized carbons (Fsp3) is 0.0500. The van der Waals surface area contributed by atoms with E-state index in [1.165, 1.54) is 15.9 Å². The van der Waals surface area contributed by atoms with Crippen molar-refractivity contribution < 1.29 is 4.74 Å². The molecule has 2 heterocycles. The summed E-state index contributed by atoms with van der Waals surface area (Å²) in [5, 5.41) is 4.30. The second-order valence-electron chi connectivity index (χ2n) is 5.60. The molecular weight excluding hydrogens is 346 g/mol. The van der Waals surface area contributed by atoms with E-state index in [1.54, 1.807) is 13.2 Å². The first kappa shape index (κ1) is 16.2. The molecule has 0 unspecified atom stereocenters. The van der Waals surface area contributed by atoms with Gasteiger partial charge in [0.15, 0.2) is 5.82 Å². The summed E-state index contributed by atoms with van der Waals surface area (Å²) in [5.41, 5.74) is 1.84. The minimum atomic E-state index is -0.148. The van der Waals surface area contributed by atoms with Gasteiger partial charge in [-0.15, -0.1) is 5.10 Å². The minimum Gasteiger partial charge on any atom is -0.497 e. The van der Waals surface area contributed by atoms with Crippen molar-refractivity contribution in [1.29, 1.82) is 0 Å². The fourth-order valence-electron chi connectivity index (χ4n) is 2.51. The number of hydrogen-bond donors (Lipinski definition) is 0. The van der Waals surface area contributed by atoms with Crippen LogP contribution in [-0.4, -0.2) is 21.7 Å². The molecule has 4 aromatic rings. The molecule has 5 nitrogen and oxygen atoms in total. The van der Waals surface area contributed by atoms with E-state index < -0.39 is 0 Å². The van der Waals surface area contributed by atoms with Gasteiger partial charge in [0.25, 0.3) is 5.56 Å². The summed E-state index contributed by atoms with van der Waals surface area (Å²) in [6.45, 7) is 0. The van der Waals surface area contributed by atoms with Crippen molar-refractivity contribution >= 4 is 34.5 Å². The monoisotopic (exact) mass is 361 g/mol. The molecule has 0 aliphatic carbocycles. The Bertz CT molecular complexity index is 1180. The molecule has 0 saturated carbocycles. The van der Waals surface area contributed by atoms with Gasteiger partial charge in [0.2, 0.25) is 4.96 Å². The first-order valence-corrected chi connectivity index (χ1v) is 8.83. The largest absolute Gasteiger partial charge is 0.497 e. The van der Waals surface area contributed by atoms with Crippen molar-refractivity contribution in [3.63, 3.8) is 0 Å². The number of methoxy groups -OCH3 is 1. The van der Waals surface area contributed by atoms with Gasteiger partial charge in [0.05, 0.1) is 11.6 Å². The molecule has 6 heteroatoms. The number of nitrogens with zero attached hydrogens (tertiary/aromatic N) is 3. The third-order valence-electron chi connectivity index (χ3n) is 3.84. The molecule has 4 rings (SSSR count). The quantitative estimate of drug-likeness (QED) is 0.561. The number of thiazole rings is 1. The van der Waals surface area contributed by atoms with Gasteiger partial charge >= 0.3 is 0 Å². The topological polar surface area (TPSA) is 56.5 Å². The number of rotatable bonds is 4. The van der Waals surface area contributed by atoms with Gasteiger partial charge in [-0.3, -0.25) is 4.79 Å². The lowest BCUT2D eigenvalue weighted by atomic mass is 10.2. The summed E-state index contributed by atoms with van der Waals surface area (Å²) in [6.07, 6.45) is 5.55. The molecule has 0 aliphatic rings. The van der Waals surface area contributed by atoms with E-state index in [2.05, 4.69) is 10.1 Å². The molecule has 128 valence electrons. The summed E-state index contributed by atoms with van der Waals surface area (Å²) in [7, 11) is 1.64. The lowest BCUT2D eigenvalue weighted by Crippen LogP contribution is -2.23. The van der Waals surface area contributed by atoms with E-state index in [9.17, 15) is 4.79 Å². The average Bonchev–Trinajstić information content (AvgIpc) is 3.20. The van der Waals surface area contributed by atoms with Crippen LogP contribution in [0.25, 0.3) is 23.2 Å². The lowest BCUT2D eigenvalue weighted by Gasteiger charge is -1.98. The second kappa shape index (κ2) is 6.93. The highest BCUT2D eigenvalue weighted by Gasteiger charge is 2.08. The number of ether oxygens (including phenoxy) is 1. The van der Waals surface area contributed by atoms with Crippen molar-refractivity contribution in [3.05, 3.63) is 86.4 Å². The second-order valence-corrected chi connectivity index (χ2v) is 6.61. The Hall–Kier alpha value is -3.25.